The van der Waals surface area contributed by atoms with Gasteiger partial charge in [0.05, 0.1) is 15.5 Å². The summed E-state index contributed by atoms with van der Waals surface area (Å²) < 4.78 is 52.2. The van der Waals surface area contributed by atoms with Crippen molar-refractivity contribution in [1.29, 1.82) is 0 Å². The molecule has 0 saturated carbocycles. The molecule has 0 spiro atoms. The van der Waals surface area contributed by atoms with Gasteiger partial charge in [-0.2, -0.15) is 0 Å². The van der Waals surface area contributed by atoms with Crippen LogP contribution in [0.15, 0.2) is 62.7 Å². The van der Waals surface area contributed by atoms with Crippen LogP contribution in [0, 0.1) is 0 Å². The van der Waals surface area contributed by atoms with Crippen molar-refractivity contribution in [1.82, 2.24) is 0 Å². The Labute approximate surface area is 128 Å². The van der Waals surface area contributed by atoms with Crippen LogP contribution in [0.1, 0.15) is 11.1 Å². The van der Waals surface area contributed by atoms with Crippen LogP contribution < -0.4 is 5.73 Å². The number of sulfonamides is 1. The molecule has 0 aromatic heterocycles. The third-order valence-electron chi connectivity index (χ3n) is 3.29. The predicted octanol–water partition coefficient (Wildman–Crippen LogP) is 1.07. The van der Waals surface area contributed by atoms with Gasteiger partial charge >= 0.3 is 0 Å². The number of amidine groups is 1. The van der Waals surface area contributed by atoms with E-state index in [0.717, 1.165) is 0 Å². The van der Waals surface area contributed by atoms with Crippen LogP contribution in [0.4, 0.5) is 0 Å². The number of benzene rings is 2. The molecule has 0 saturated heterocycles. The lowest BCUT2D eigenvalue weighted by molar-refractivity contribution is 0.592. The second kappa shape index (κ2) is 4.92. The highest BCUT2D eigenvalue weighted by Gasteiger charge is 2.29. The van der Waals surface area contributed by atoms with Crippen LogP contribution >= 0.6 is 0 Å². The first kappa shape index (κ1) is 14.7. The summed E-state index contributed by atoms with van der Waals surface area (Å²) in [5.74, 6) is -0.655. The van der Waals surface area contributed by atoms with Crippen molar-refractivity contribution >= 4 is 25.7 Å². The minimum atomic E-state index is -3.81. The molecule has 22 heavy (non-hydrogen) atoms. The Hall–Kier alpha value is -2.19. The van der Waals surface area contributed by atoms with Crippen molar-refractivity contribution < 1.29 is 16.8 Å². The van der Waals surface area contributed by atoms with Crippen LogP contribution in [0.3, 0.4) is 0 Å². The second-order valence-electron chi connectivity index (χ2n) is 4.81. The first-order chi connectivity index (χ1) is 10.3. The molecule has 6 nitrogen and oxygen atoms in total. The zero-order valence-electron chi connectivity index (χ0n) is 11.3. The highest BCUT2D eigenvalue weighted by molar-refractivity contribution is 7.91. The molecular weight excluding hydrogens is 324 g/mol. The lowest BCUT2D eigenvalue weighted by Gasteiger charge is -2.17. The Morgan fingerprint density at radius 1 is 1.00 bits per heavy atom. The Balaban J connectivity index is 2.28. The molecule has 0 bridgehead atoms. The third kappa shape index (κ3) is 2.40. The Bertz CT molecular complexity index is 979. The van der Waals surface area contributed by atoms with Gasteiger partial charge in [0.2, 0.25) is 9.84 Å². The first-order valence-electron chi connectivity index (χ1n) is 6.32. The Kier molecular flexibility index (Phi) is 3.30. The summed E-state index contributed by atoms with van der Waals surface area (Å²) in [4.78, 5) is 0.0805. The van der Waals surface area contributed by atoms with E-state index >= 15 is 0 Å². The average Bonchev–Trinajstić information content (AvgIpc) is 2.46. The SMILES string of the molecule is NC1=NS(=O)(=O)Cc2cccc(S(=O)(=O)c3ccccc3)c21. The zero-order chi connectivity index (χ0) is 16.0. The second-order valence-corrected chi connectivity index (χ2v) is 8.36. The summed E-state index contributed by atoms with van der Waals surface area (Å²) in [6.07, 6.45) is 0. The summed E-state index contributed by atoms with van der Waals surface area (Å²) >= 11 is 0. The molecule has 2 N–H and O–H groups in total. The fraction of sp³-hybridized carbons (Fsp3) is 0.0714. The molecule has 2 aromatic rings. The molecule has 0 unspecified atom stereocenters. The highest BCUT2D eigenvalue weighted by atomic mass is 32.2. The maximum Gasteiger partial charge on any atom is 0.259 e. The standard InChI is InChI=1S/C14H12N2O4S2/c15-14-13-10(9-21(17,18)16-14)5-4-8-12(13)22(19,20)11-6-2-1-3-7-11/h1-8H,9H2,(H2,15,16). The van der Waals surface area contributed by atoms with Crippen molar-refractivity contribution in [3.63, 3.8) is 0 Å². The minimum absolute atomic E-state index is 0.0349. The number of hydrogen-bond donors (Lipinski definition) is 1. The maximum absolute atomic E-state index is 12.8. The van der Waals surface area contributed by atoms with E-state index in [1.54, 1.807) is 24.3 Å². The number of nitrogens with two attached hydrogens (primary N) is 1. The fourth-order valence-corrected chi connectivity index (χ4v) is 4.98. The van der Waals surface area contributed by atoms with E-state index in [9.17, 15) is 16.8 Å². The van der Waals surface area contributed by atoms with Crippen molar-refractivity contribution in [2.75, 3.05) is 0 Å². The van der Waals surface area contributed by atoms with E-state index in [0.29, 0.717) is 5.56 Å². The van der Waals surface area contributed by atoms with Gasteiger partial charge in [-0.05, 0) is 23.8 Å². The van der Waals surface area contributed by atoms with Gasteiger partial charge in [-0.1, -0.05) is 30.3 Å². The quantitative estimate of drug-likeness (QED) is 0.883. The molecule has 1 heterocycles. The predicted molar refractivity (Wildman–Crippen MR) is 81.7 cm³/mol. The van der Waals surface area contributed by atoms with Crippen LogP contribution in [0.5, 0.6) is 0 Å². The molecule has 0 radical (unpaired) electrons. The van der Waals surface area contributed by atoms with Gasteiger partial charge in [0, 0.05) is 5.56 Å². The maximum atomic E-state index is 12.8. The largest absolute Gasteiger partial charge is 0.382 e. The van der Waals surface area contributed by atoms with Crippen molar-refractivity contribution in [2.24, 2.45) is 10.1 Å². The van der Waals surface area contributed by atoms with Gasteiger partial charge in [0.1, 0.15) is 5.84 Å². The summed E-state index contributed by atoms with van der Waals surface area (Å²) in [5.41, 5.74) is 6.21. The zero-order valence-corrected chi connectivity index (χ0v) is 12.9. The third-order valence-corrected chi connectivity index (χ3v) is 6.25. The van der Waals surface area contributed by atoms with Gasteiger partial charge in [0.25, 0.3) is 10.0 Å². The summed E-state index contributed by atoms with van der Waals surface area (Å²) in [7, 11) is -7.51. The van der Waals surface area contributed by atoms with Crippen LogP contribution in [0.25, 0.3) is 0 Å². The summed E-state index contributed by atoms with van der Waals surface area (Å²) in [6, 6.07) is 12.3. The number of hydrogen-bond acceptors (Lipinski definition) is 5. The van der Waals surface area contributed by atoms with Crippen LogP contribution in [0.2, 0.25) is 0 Å². The molecule has 3 rings (SSSR count). The van der Waals surface area contributed by atoms with Crippen molar-refractivity contribution in [3.05, 3.63) is 59.7 Å². The molecular formula is C14H12N2O4S2. The highest BCUT2D eigenvalue weighted by Crippen LogP contribution is 2.29. The molecule has 0 aliphatic carbocycles. The van der Waals surface area contributed by atoms with E-state index in [2.05, 4.69) is 4.40 Å². The van der Waals surface area contributed by atoms with Gasteiger partial charge in [-0.25, -0.2) is 16.8 Å². The van der Waals surface area contributed by atoms with Gasteiger partial charge in [-0.3, -0.25) is 0 Å². The lowest BCUT2D eigenvalue weighted by atomic mass is 10.1. The minimum Gasteiger partial charge on any atom is -0.382 e. The number of nitrogens with zero attached hydrogens (tertiary/aromatic N) is 1. The molecule has 2 aromatic carbocycles. The molecule has 8 heteroatoms. The van der Waals surface area contributed by atoms with E-state index in [-0.39, 0.29) is 26.9 Å². The first-order valence-corrected chi connectivity index (χ1v) is 9.41. The van der Waals surface area contributed by atoms with Crippen molar-refractivity contribution in [2.45, 2.75) is 15.5 Å². The normalized spacial score (nSPS) is 16.6. The van der Waals surface area contributed by atoms with Gasteiger partial charge in [0.15, 0.2) is 0 Å². The van der Waals surface area contributed by atoms with Crippen LogP contribution in [-0.2, 0) is 25.6 Å². The summed E-state index contributed by atoms with van der Waals surface area (Å²) in [6.45, 7) is 0. The monoisotopic (exact) mass is 336 g/mol. The number of fused-ring (bicyclic) bond motifs is 1. The molecule has 0 atom stereocenters. The van der Waals surface area contributed by atoms with Gasteiger partial charge < -0.3 is 5.73 Å². The van der Waals surface area contributed by atoms with E-state index in [1.807, 2.05) is 0 Å². The van der Waals surface area contributed by atoms with Gasteiger partial charge in [-0.15, -0.1) is 4.40 Å². The Morgan fingerprint density at radius 3 is 2.36 bits per heavy atom. The topological polar surface area (TPSA) is 107 Å². The number of rotatable bonds is 2. The smallest absolute Gasteiger partial charge is 0.259 e. The Morgan fingerprint density at radius 2 is 1.68 bits per heavy atom. The molecule has 114 valence electrons. The summed E-state index contributed by atoms with van der Waals surface area (Å²) in [5, 5.41) is 0. The molecule has 0 amide bonds. The van der Waals surface area contributed by atoms with E-state index in [1.165, 1.54) is 24.3 Å². The fourth-order valence-electron chi connectivity index (χ4n) is 2.36. The van der Waals surface area contributed by atoms with Crippen molar-refractivity contribution in [3.8, 4) is 0 Å². The molecule has 1 aliphatic heterocycles. The van der Waals surface area contributed by atoms with E-state index in [4.69, 9.17) is 5.73 Å². The van der Waals surface area contributed by atoms with Crippen LogP contribution in [-0.4, -0.2) is 22.7 Å². The number of sulfone groups is 1. The van der Waals surface area contributed by atoms with E-state index < -0.39 is 19.9 Å². The molecule has 0 fully saturated rings. The average molecular weight is 336 g/mol. The molecule has 1 aliphatic rings. The lowest BCUT2D eigenvalue weighted by Crippen LogP contribution is -2.26.